The van der Waals surface area contributed by atoms with Crippen LogP contribution in [-0.2, 0) is 0 Å². The van der Waals surface area contributed by atoms with Crippen LogP contribution in [0.3, 0.4) is 0 Å². The number of nitrogens with zero attached hydrogens (tertiary/aromatic N) is 6. The zero-order chi connectivity index (χ0) is 27.6. The van der Waals surface area contributed by atoms with E-state index in [1.807, 2.05) is 80.6 Å². The number of carboxylic acid groups (broad SMARTS) is 1. The normalized spacial score (nSPS) is 11.2. The molecule has 9 nitrogen and oxygen atoms in total. The highest BCUT2D eigenvalue weighted by Gasteiger charge is 2.18. The molecule has 0 saturated heterocycles. The van der Waals surface area contributed by atoms with Gasteiger partial charge in [0.2, 0.25) is 0 Å². The zero-order valence-electron chi connectivity index (χ0n) is 21.8. The molecule has 3 heterocycles. The lowest BCUT2D eigenvalue weighted by atomic mass is 10.0. The molecule has 0 fully saturated rings. The molecular weight excluding hydrogens is 504 g/mol. The average Bonchev–Trinajstić information content (AvgIpc) is 3.43. The van der Waals surface area contributed by atoms with Gasteiger partial charge in [0.05, 0.1) is 22.7 Å². The van der Waals surface area contributed by atoms with E-state index in [0.29, 0.717) is 23.0 Å². The van der Waals surface area contributed by atoms with E-state index < -0.39 is 5.97 Å². The first-order chi connectivity index (χ1) is 19.4. The molecule has 0 radical (unpaired) electrons. The Bertz CT molecular complexity index is 1830. The Morgan fingerprint density at radius 1 is 0.750 bits per heavy atom. The second kappa shape index (κ2) is 10.4. The van der Waals surface area contributed by atoms with E-state index in [4.69, 9.17) is 14.8 Å². The van der Waals surface area contributed by atoms with E-state index in [-0.39, 0.29) is 11.7 Å². The Morgan fingerprint density at radius 2 is 1.40 bits per heavy atom. The van der Waals surface area contributed by atoms with Gasteiger partial charge in [-0.25, -0.2) is 14.8 Å². The molecule has 196 valence electrons. The van der Waals surface area contributed by atoms with Crippen molar-refractivity contribution < 1.29 is 14.6 Å². The van der Waals surface area contributed by atoms with Gasteiger partial charge in [0.25, 0.3) is 0 Å². The Kier molecular flexibility index (Phi) is 6.45. The molecule has 3 aromatic heterocycles. The number of carbonyl (C=O) groups is 1. The second-order valence-corrected chi connectivity index (χ2v) is 9.41. The zero-order valence-corrected chi connectivity index (χ0v) is 21.8. The molecule has 40 heavy (non-hydrogen) atoms. The molecule has 6 rings (SSSR count). The van der Waals surface area contributed by atoms with Crippen LogP contribution in [0.15, 0.2) is 97.5 Å². The lowest BCUT2D eigenvalue weighted by Crippen LogP contribution is -2.05. The van der Waals surface area contributed by atoms with E-state index in [2.05, 4.69) is 15.0 Å². The first-order valence-corrected chi connectivity index (χ1v) is 12.7. The SMILES string of the molecule is CC(C)Oc1ccc(-c2ccc(-c3nc(-c4ccc5nccnc5c4)n(-c4cc(C(=O)O)ccn4)n3)cc2)cc1. The highest BCUT2D eigenvalue weighted by atomic mass is 16.5. The molecule has 0 unspecified atom stereocenters. The summed E-state index contributed by atoms with van der Waals surface area (Å²) in [6.07, 6.45) is 4.84. The third-order valence-electron chi connectivity index (χ3n) is 6.25. The average molecular weight is 529 g/mol. The van der Waals surface area contributed by atoms with Gasteiger partial charge in [-0.3, -0.25) is 9.97 Å². The quantitative estimate of drug-likeness (QED) is 0.265. The summed E-state index contributed by atoms with van der Waals surface area (Å²) >= 11 is 0. The molecule has 0 amide bonds. The number of benzene rings is 3. The predicted molar refractivity (Wildman–Crippen MR) is 151 cm³/mol. The highest BCUT2D eigenvalue weighted by Crippen LogP contribution is 2.29. The van der Waals surface area contributed by atoms with Crippen molar-refractivity contribution >= 4 is 17.0 Å². The third-order valence-corrected chi connectivity index (χ3v) is 6.25. The summed E-state index contributed by atoms with van der Waals surface area (Å²) < 4.78 is 7.30. The van der Waals surface area contributed by atoms with Crippen molar-refractivity contribution in [2.24, 2.45) is 0 Å². The van der Waals surface area contributed by atoms with Crippen LogP contribution in [0.2, 0.25) is 0 Å². The van der Waals surface area contributed by atoms with Crippen LogP contribution < -0.4 is 4.74 Å². The summed E-state index contributed by atoms with van der Waals surface area (Å²) in [7, 11) is 0. The molecule has 0 atom stereocenters. The Balaban J connectivity index is 1.40. The fraction of sp³-hybridized carbons (Fsp3) is 0.0968. The van der Waals surface area contributed by atoms with Gasteiger partial charge in [0.1, 0.15) is 5.75 Å². The topological polar surface area (TPSA) is 116 Å². The number of hydrogen-bond donors (Lipinski definition) is 1. The van der Waals surface area contributed by atoms with Crippen molar-refractivity contribution in [3.63, 3.8) is 0 Å². The van der Waals surface area contributed by atoms with Crippen LogP contribution in [0.4, 0.5) is 0 Å². The molecule has 0 spiro atoms. The molecule has 3 aromatic carbocycles. The fourth-order valence-corrected chi connectivity index (χ4v) is 4.36. The number of aromatic nitrogens is 6. The van der Waals surface area contributed by atoms with Gasteiger partial charge in [0, 0.05) is 29.7 Å². The lowest BCUT2D eigenvalue weighted by Gasteiger charge is -2.10. The van der Waals surface area contributed by atoms with Crippen LogP contribution in [0.1, 0.15) is 24.2 Å². The van der Waals surface area contributed by atoms with E-state index >= 15 is 0 Å². The van der Waals surface area contributed by atoms with Gasteiger partial charge < -0.3 is 9.84 Å². The Hall–Kier alpha value is -5.44. The molecule has 0 saturated carbocycles. The first-order valence-electron chi connectivity index (χ1n) is 12.7. The smallest absolute Gasteiger partial charge is 0.335 e. The van der Waals surface area contributed by atoms with Crippen molar-refractivity contribution in [1.29, 1.82) is 0 Å². The molecule has 0 aliphatic carbocycles. The van der Waals surface area contributed by atoms with Gasteiger partial charge in [-0.2, -0.15) is 4.68 Å². The van der Waals surface area contributed by atoms with Gasteiger partial charge in [-0.05, 0) is 67.4 Å². The van der Waals surface area contributed by atoms with Gasteiger partial charge >= 0.3 is 5.97 Å². The summed E-state index contributed by atoms with van der Waals surface area (Å²) in [5.41, 5.74) is 5.22. The summed E-state index contributed by atoms with van der Waals surface area (Å²) in [4.78, 5) is 29.6. The van der Waals surface area contributed by atoms with Crippen molar-refractivity contribution in [3.8, 4) is 45.5 Å². The molecule has 0 aliphatic heterocycles. The monoisotopic (exact) mass is 528 g/mol. The minimum atomic E-state index is -1.05. The minimum Gasteiger partial charge on any atom is -0.491 e. The molecule has 9 heteroatoms. The lowest BCUT2D eigenvalue weighted by molar-refractivity contribution is 0.0696. The van der Waals surface area contributed by atoms with E-state index in [0.717, 1.165) is 33.5 Å². The molecule has 0 aliphatic rings. The maximum atomic E-state index is 11.6. The Morgan fingerprint density at radius 3 is 2.10 bits per heavy atom. The number of carboxylic acids is 1. The summed E-state index contributed by atoms with van der Waals surface area (Å²) in [6, 6.07) is 24.5. The van der Waals surface area contributed by atoms with E-state index in [9.17, 15) is 9.90 Å². The predicted octanol–water partition coefficient (Wildman–Crippen LogP) is 6.09. The standard InChI is InChI=1S/C31H24N6O3/c1-19(2)40-25-10-7-21(8-11-25)20-3-5-22(6-4-20)29-35-30(23-9-12-26-27(17-23)33-16-15-32-26)37(36-29)28-18-24(31(38)39)13-14-34-28/h3-19H,1-2H3,(H,38,39). The van der Waals surface area contributed by atoms with E-state index in [1.54, 1.807) is 17.1 Å². The number of ether oxygens (including phenoxy) is 1. The van der Waals surface area contributed by atoms with Crippen LogP contribution >= 0.6 is 0 Å². The van der Waals surface area contributed by atoms with Crippen LogP contribution in [0, 0.1) is 0 Å². The number of pyridine rings is 1. The van der Waals surface area contributed by atoms with Crippen LogP contribution in [-0.4, -0.2) is 46.9 Å². The number of hydrogen-bond acceptors (Lipinski definition) is 7. The van der Waals surface area contributed by atoms with Crippen LogP contribution in [0.25, 0.3) is 50.8 Å². The first kappa shape index (κ1) is 24.9. The molecule has 6 aromatic rings. The summed E-state index contributed by atoms with van der Waals surface area (Å²) in [5.74, 6) is 1.10. The van der Waals surface area contributed by atoms with Crippen LogP contribution in [0.5, 0.6) is 5.75 Å². The summed E-state index contributed by atoms with van der Waals surface area (Å²) in [5, 5.41) is 14.3. The van der Waals surface area contributed by atoms with Crippen molar-refractivity contribution in [2.75, 3.05) is 0 Å². The number of aromatic carboxylic acids is 1. The maximum Gasteiger partial charge on any atom is 0.335 e. The third kappa shape index (κ3) is 5.00. The molecule has 0 bridgehead atoms. The van der Waals surface area contributed by atoms with Gasteiger partial charge in [0.15, 0.2) is 17.5 Å². The van der Waals surface area contributed by atoms with Crippen molar-refractivity contribution in [2.45, 2.75) is 20.0 Å². The Labute approximate surface area is 229 Å². The largest absolute Gasteiger partial charge is 0.491 e. The molecule has 1 N–H and O–H groups in total. The van der Waals surface area contributed by atoms with Gasteiger partial charge in [-0.1, -0.05) is 36.4 Å². The summed E-state index contributed by atoms with van der Waals surface area (Å²) in [6.45, 7) is 4.00. The van der Waals surface area contributed by atoms with Gasteiger partial charge in [-0.15, -0.1) is 5.10 Å². The van der Waals surface area contributed by atoms with E-state index in [1.165, 1.54) is 18.3 Å². The van der Waals surface area contributed by atoms with Crippen molar-refractivity contribution in [3.05, 3.63) is 103 Å². The second-order valence-electron chi connectivity index (χ2n) is 9.41. The highest BCUT2D eigenvalue weighted by molar-refractivity contribution is 5.88. The number of fused-ring (bicyclic) bond motifs is 1. The fourth-order valence-electron chi connectivity index (χ4n) is 4.36. The number of rotatable bonds is 7. The maximum absolute atomic E-state index is 11.6. The molecular formula is C31H24N6O3. The van der Waals surface area contributed by atoms with Crippen molar-refractivity contribution in [1.82, 2.24) is 29.7 Å². The minimum absolute atomic E-state index is 0.103.